The molecule has 1 heterocycles. The van der Waals surface area contributed by atoms with E-state index in [9.17, 15) is 18.4 Å². The number of rotatable bonds is 6. The quantitative estimate of drug-likeness (QED) is 0.596. The number of nitrogens with one attached hydrogen (secondary N) is 1. The summed E-state index contributed by atoms with van der Waals surface area (Å²) in [5, 5.41) is 2.89. The zero-order chi connectivity index (χ0) is 14.4. The van der Waals surface area contributed by atoms with E-state index in [0.29, 0.717) is 0 Å². The normalized spacial score (nSPS) is 11.7. The average Bonchev–Trinajstić information content (AvgIpc) is 2.73. The van der Waals surface area contributed by atoms with E-state index in [-0.39, 0.29) is 22.6 Å². The fourth-order valence-corrected chi connectivity index (χ4v) is 2.59. The fourth-order valence-electron chi connectivity index (χ4n) is 1.12. The van der Waals surface area contributed by atoms with Crippen LogP contribution in [0.2, 0.25) is 0 Å². The van der Waals surface area contributed by atoms with Gasteiger partial charge in [0.2, 0.25) is 5.91 Å². The summed E-state index contributed by atoms with van der Waals surface area (Å²) in [6.07, 6.45) is 1.25. The summed E-state index contributed by atoms with van der Waals surface area (Å²) < 4.78 is 27.6. The molecule has 0 bridgehead atoms. The Balaban J connectivity index is 2.81. The molecule has 1 aromatic heterocycles. The van der Waals surface area contributed by atoms with Gasteiger partial charge in [-0.3, -0.25) is 18.1 Å². The summed E-state index contributed by atoms with van der Waals surface area (Å²) in [5.74, 6) is -0.984. The molecule has 0 aliphatic heterocycles. The number of amides is 1. The second kappa shape index (κ2) is 7.16. The molecule has 0 aromatic carbocycles. The van der Waals surface area contributed by atoms with Crippen molar-refractivity contribution >= 4 is 44.6 Å². The van der Waals surface area contributed by atoms with Crippen LogP contribution < -0.4 is 9.62 Å². The smallest absolute Gasteiger partial charge is 0.326 e. The minimum Gasteiger partial charge on any atom is -0.755 e. The number of hydrogen-bond donors (Lipinski definition) is 1. The number of carbonyl (C=O) groups is 2. The van der Waals surface area contributed by atoms with Crippen LogP contribution in [0.15, 0.2) is 6.20 Å². The van der Waals surface area contributed by atoms with E-state index in [0.717, 1.165) is 15.6 Å². The first-order valence-corrected chi connectivity index (χ1v) is 7.04. The van der Waals surface area contributed by atoms with Crippen molar-refractivity contribution in [2.45, 2.75) is 13.8 Å². The fraction of sp³-hybridized carbons (Fsp3) is 0.444. The SMILES string of the molecule is CCOC(=O)CN(c1cnc(NC(C)=O)s1)S(=O)[O-]. The Morgan fingerprint density at radius 1 is 1.63 bits per heavy atom. The zero-order valence-electron chi connectivity index (χ0n) is 10.2. The second-order valence-electron chi connectivity index (χ2n) is 3.24. The van der Waals surface area contributed by atoms with Gasteiger partial charge < -0.3 is 14.6 Å². The van der Waals surface area contributed by atoms with Gasteiger partial charge in [0.15, 0.2) is 5.13 Å². The highest BCUT2D eigenvalue weighted by Crippen LogP contribution is 2.27. The molecule has 1 N–H and O–H groups in total. The van der Waals surface area contributed by atoms with Gasteiger partial charge in [-0.2, -0.15) is 0 Å². The number of ether oxygens (including phenoxy) is 1. The predicted octanol–water partition coefficient (Wildman–Crippen LogP) is 0.265. The first-order chi connectivity index (χ1) is 8.93. The summed E-state index contributed by atoms with van der Waals surface area (Å²) in [6, 6.07) is 0. The molecule has 8 nitrogen and oxygen atoms in total. The van der Waals surface area contributed by atoms with Crippen molar-refractivity contribution in [1.29, 1.82) is 0 Å². The van der Waals surface area contributed by atoms with E-state index in [1.54, 1.807) is 6.92 Å². The van der Waals surface area contributed by atoms with Gasteiger partial charge in [0, 0.05) is 18.2 Å². The van der Waals surface area contributed by atoms with Gasteiger partial charge in [-0.25, -0.2) is 4.98 Å². The number of anilines is 2. The first-order valence-electron chi connectivity index (χ1n) is 5.20. The molecule has 0 fully saturated rings. The largest absolute Gasteiger partial charge is 0.755 e. The number of carbonyl (C=O) groups excluding carboxylic acids is 2. The minimum absolute atomic E-state index is 0.165. The second-order valence-corrected chi connectivity index (χ2v) is 5.13. The maximum Gasteiger partial charge on any atom is 0.326 e. The highest BCUT2D eigenvalue weighted by molar-refractivity contribution is 7.81. The molecule has 0 spiro atoms. The van der Waals surface area contributed by atoms with Crippen LogP contribution in [0.4, 0.5) is 10.1 Å². The number of aromatic nitrogens is 1. The average molecular weight is 306 g/mol. The molecular formula is C9H12N3O5S2-. The van der Waals surface area contributed by atoms with Crippen molar-refractivity contribution in [3.05, 3.63) is 6.20 Å². The van der Waals surface area contributed by atoms with Gasteiger partial charge in [0.1, 0.15) is 11.5 Å². The van der Waals surface area contributed by atoms with E-state index in [2.05, 4.69) is 15.0 Å². The molecule has 10 heteroatoms. The molecule has 1 amide bonds. The number of esters is 1. The Labute approximate surface area is 116 Å². The lowest BCUT2D eigenvalue weighted by molar-refractivity contribution is -0.141. The van der Waals surface area contributed by atoms with Crippen molar-refractivity contribution in [2.24, 2.45) is 0 Å². The molecule has 0 radical (unpaired) electrons. The zero-order valence-corrected chi connectivity index (χ0v) is 11.9. The molecule has 0 saturated heterocycles. The number of hydrogen-bond acceptors (Lipinski definition) is 7. The topological polar surface area (TPSA) is 112 Å². The van der Waals surface area contributed by atoms with Gasteiger partial charge in [-0.1, -0.05) is 11.3 Å². The molecule has 106 valence electrons. The van der Waals surface area contributed by atoms with Gasteiger partial charge in [0.05, 0.1) is 12.8 Å². The van der Waals surface area contributed by atoms with Crippen LogP contribution >= 0.6 is 11.3 Å². The minimum atomic E-state index is -2.64. The van der Waals surface area contributed by atoms with E-state index in [1.807, 2.05) is 0 Å². The Morgan fingerprint density at radius 2 is 2.32 bits per heavy atom. The lowest BCUT2D eigenvalue weighted by Crippen LogP contribution is -2.31. The Bertz CT molecular complexity index is 490. The van der Waals surface area contributed by atoms with Crippen LogP contribution in [0.3, 0.4) is 0 Å². The maximum absolute atomic E-state index is 11.3. The third kappa shape index (κ3) is 4.93. The third-order valence-electron chi connectivity index (χ3n) is 1.78. The summed E-state index contributed by atoms with van der Waals surface area (Å²) in [4.78, 5) is 26.0. The monoisotopic (exact) mass is 306 g/mol. The standard InChI is InChI=1S/C9H13N3O5S2/c1-3-17-8(14)5-12(19(15)16)7-4-10-9(18-7)11-6(2)13/h4H,3,5H2,1-2H3,(H,15,16)(H,10,11,13)/p-1. The molecule has 19 heavy (non-hydrogen) atoms. The highest BCUT2D eigenvalue weighted by atomic mass is 32.2. The summed E-state index contributed by atoms with van der Waals surface area (Å²) in [5.41, 5.74) is 0. The first kappa shape index (κ1) is 15.5. The van der Waals surface area contributed by atoms with E-state index in [4.69, 9.17) is 0 Å². The van der Waals surface area contributed by atoms with E-state index >= 15 is 0 Å². The van der Waals surface area contributed by atoms with Gasteiger partial charge >= 0.3 is 5.97 Å². The van der Waals surface area contributed by atoms with Crippen LogP contribution in [0.25, 0.3) is 0 Å². The lowest BCUT2D eigenvalue weighted by atomic mass is 10.6. The van der Waals surface area contributed by atoms with Crippen molar-refractivity contribution < 1.29 is 23.1 Å². The van der Waals surface area contributed by atoms with Crippen LogP contribution in [0.1, 0.15) is 13.8 Å². The van der Waals surface area contributed by atoms with Gasteiger partial charge in [0.25, 0.3) is 0 Å². The van der Waals surface area contributed by atoms with Crippen molar-refractivity contribution in [3.63, 3.8) is 0 Å². The van der Waals surface area contributed by atoms with E-state index in [1.165, 1.54) is 13.1 Å². The summed E-state index contributed by atoms with van der Waals surface area (Å²) in [6.45, 7) is 2.66. The van der Waals surface area contributed by atoms with Crippen LogP contribution in [-0.4, -0.2) is 38.8 Å². The molecule has 0 saturated carbocycles. The Hall–Kier alpha value is -1.52. The highest BCUT2D eigenvalue weighted by Gasteiger charge is 2.16. The van der Waals surface area contributed by atoms with Crippen molar-refractivity contribution in [3.8, 4) is 0 Å². The lowest BCUT2D eigenvalue weighted by Gasteiger charge is -2.22. The van der Waals surface area contributed by atoms with Crippen LogP contribution in [0.5, 0.6) is 0 Å². The van der Waals surface area contributed by atoms with Crippen molar-refractivity contribution in [2.75, 3.05) is 22.8 Å². The number of nitrogens with zero attached hydrogens (tertiary/aromatic N) is 2. The molecule has 1 rings (SSSR count). The van der Waals surface area contributed by atoms with Gasteiger partial charge in [-0.15, -0.1) is 0 Å². The maximum atomic E-state index is 11.3. The Morgan fingerprint density at radius 3 is 2.84 bits per heavy atom. The van der Waals surface area contributed by atoms with Crippen molar-refractivity contribution in [1.82, 2.24) is 4.98 Å². The molecule has 0 aliphatic carbocycles. The van der Waals surface area contributed by atoms with Gasteiger partial charge in [-0.05, 0) is 6.92 Å². The van der Waals surface area contributed by atoms with Crippen LogP contribution in [-0.2, 0) is 25.6 Å². The molecule has 1 aromatic rings. The predicted molar refractivity (Wildman–Crippen MR) is 69.3 cm³/mol. The third-order valence-corrected chi connectivity index (χ3v) is 3.52. The van der Waals surface area contributed by atoms with E-state index < -0.39 is 23.8 Å². The Kier molecular flexibility index (Phi) is 5.86. The summed E-state index contributed by atoms with van der Waals surface area (Å²) in [7, 11) is 0. The number of thiazole rings is 1. The van der Waals surface area contributed by atoms with Crippen LogP contribution in [0, 0.1) is 0 Å². The molecule has 1 atom stereocenters. The molecule has 0 aliphatic rings. The molecular weight excluding hydrogens is 294 g/mol. The molecule has 1 unspecified atom stereocenters. The summed E-state index contributed by atoms with van der Waals surface area (Å²) >= 11 is -1.70.